The molecule has 9 nitrogen and oxygen atoms in total. The number of methoxy groups -OCH3 is 2. The zero-order valence-corrected chi connectivity index (χ0v) is 18.0. The van der Waals surface area contributed by atoms with Gasteiger partial charge in [0.05, 0.1) is 20.1 Å². The number of nitrogens with one attached hydrogen (secondary N) is 3. The molecular formula is C23H26N4O5. The molecule has 1 unspecified atom stereocenters. The quantitative estimate of drug-likeness (QED) is 0.549. The van der Waals surface area contributed by atoms with Crippen LogP contribution in [0.3, 0.4) is 0 Å². The Balaban J connectivity index is 1.60. The molecule has 2 aromatic rings. The van der Waals surface area contributed by atoms with Gasteiger partial charge in [0.15, 0.2) is 11.5 Å². The summed E-state index contributed by atoms with van der Waals surface area (Å²) in [6.45, 7) is 4.16. The third kappa shape index (κ3) is 5.37. The maximum Gasteiger partial charge on any atom is 0.319 e. The largest absolute Gasteiger partial charge is 0.493 e. The molecule has 2 aromatic carbocycles. The lowest BCUT2D eigenvalue weighted by Crippen LogP contribution is -2.28. The minimum atomic E-state index is -0.488. The van der Waals surface area contributed by atoms with E-state index in [0.29, 0.717) is 35.1 Å². The molecule has 0 radical (unpaired) electrons. The molecule has 1 heterocycles. The summed E-state index contributed by atoms with van der Waals surface area (Å²) in [6.07, 6.45) is 1.70. The Hall–Kier alpha value is -4.01. The predicted octanol–water partition coefficient (Wildman–Crippen LogP) is 3.00. The van der Waals surface area contributed by atoms with Crippen molar-refractivity contribution in [2.75, 3.05) is 42.8 Å². The Kier molecular flexibility index (Phi) is 7.33. The number of carbonyl (C=O) groups is 3. The number of amides is 4. The van der Waals surface area contributed by atoms with E-state index >= 15 is 0 Å². The summed E-state index contributed by atoms with van der Waals surface area (Å²) in [6, 6.07) is 11.6. The second kappa shape index (κ2) is 10.3. The third-order valence-electron chi connectivity index (χ3n) is 4.99. The predicted molar refractivity (Wildman–Crippen MR) is 122 cm³/mol. The van der Waals surface area contributed by atoms with Gasteiger partial charge in [0.1, 0.15) is 0 Å². The van der Waals surface area contributed by atoms with E-state index in [4.69, 9.17) is 9.47 Å². The summed E-state index contributed by atoms with van der Waals surface area (Å²) in [5.74, 6) is 0.206. The highest BCUT2D eigenvalue weighted by atomic mass is 16.5. The van der Waals surface area contributed by atoms with Gasteiger partial charge in [0.2, 0.25) is 11.8 Å². The normalized spacial score (nSPS) is 15.1. The maximum atomic E-state index is 12.7. The second-order valence-corrected chi connectivity index (χ2v) is 7.13. The van der Waals surface area contributed by atoms with E-state index in [0.717, 1.165) is 0 Å². The number of carbonyl (C=O) groups excluding carboxylic acids is 3. The van der Waals surface area contributed by atoms with Crippen LogP contribution < -0.4 is 30.3 Å². The zero-order valence-electron chi connectivity index (χ0n) is 18.0. The van der Waals surface area contributed by atoms with Gasteiger partial charge in [-0.15, -0.1) is 6.58 Å². The van der Waals surface area contributed by atoms with E-state index in [1.165, 1.54) is 7.11 Å². The lowest BCUT2D eigenvalue weighted by Gasteiger charge is -2.18. The van der Waals surface area contributed by atoms with Crippen LogP contribution in [0, 0.1) is 5.92 Å². The fourth-order valence-corrected chi connectivity index (χ4v) is 3.35. The Morgan fingerprint density at radius 2 is 1.72 bits per heavy atom. The monoisotopic (exact) mass is 438 g/mol. The van der Waals surface area contributed by atoms with Gasteiger partial charge in [0, 0.05) is 42.6 Å². The number of urea groups is 1. The fourth-order valence-electron chi connectivity index (χ4n) is 3.35. The van der Waals surface area contributed by atoms with Crippen LogP contribution >= 0.6 is 0 Å². The Labute approximate surface area is 186 Å². The van der Waals surface area contributed by atoms with Gasteiger partial charge in [0.25, 0.3) is 0 Å². The van der Waals surface area contributed by atoms with E-state index < -0.39 is 5.92 Å². The zero-order chi connectivity index (χ0) is 23.1. The van der Waals surface area contributed by atoms with Crippen molar-refractivity contribution in [3.63, 3.8) is 0 Å². The second-order valence-electron chi connectivity index (χ2n) is 7.13. The van der Waals surface area contributed by atoms with Gasteiger partial charge in [-0.3, -0.25) is 9.59 Å². The van der Waals surface area contributed by atoms with Crippen molar-refractivity contribution in [2.45, 2.75) is 6.42 Å². The highest BCUT2D eigenvalue weighted by Gasteiger charge is 2.35. The van der Waals surface area contributed by atoms with Crippen molar-refractivity contribution >= 4 is 34.9 Å². The number of ether oxygens (including phenoxy) is 2. The van der Waals surface area contributed by atoms with Gasteiger partial charge < -0.3 is 30.3 Å². The summed E-state index contributed by atoms with van der Waals surface area (Å²) < 4.78 is 10.5. The highest BCUT2D eigenvalue weighted by Crippen LogP contribution is 2.34. The van der Waals surface area contributed by atoms with Crippen LogP contribution in [0.15, 0.2) is 55.1 Å². The van der Waals surface area contributed by atoms with Gasteiger partial charge >= 0.3 is 6.03 Å². The van der Waals surface area contributed by atoms with E-state index in [9.17, 15) is 14.4 Å². The minimum absolute atomic E-state index is 0.114. The summed E-state index contributed by atoms with van der Waals surface area (Å²) in [5, 5.41) is 8.12. The van der Waals surface area contributed by atoms with Gasteiger partial charge in [-0.05, 0) is 36.4 Å². The fraction of sp³-hybridized carbons (Fsp3) is 0.261. The Morgan fingerprint density at radius 3 is 2.34 bits per heavy atom. The molecule has 1 atom stereocenters. The number of hydrogen-bond acceptors (Lipinski definition) is 5. The Morgan fingerprint density at radius 1 is 1.06 bits per heavy atom. The van der Waals surface area contributed by atoms with Crippen LogP contribution in [0.1, 0.15) is 6.42 Å². The molecule has 32 heavy (non-hydrogen) atoms. The number of benzene rings is 2. The van der Waals surface area contributed by atoms with Crippen LogP contribution in [0.2, 0.25) is 0 Å². The molecule has 1 saturated heterocycles. The molecule has 3 N–H and O–H groups in total. The van der Waals surface area contributed by atoms with Crippen molar-refractivity contribution in [2.24, 2.45) is 5.92 Å². The first-order valence-corrected chi connectivity index (χ1v) is 10.0. The van der Waals surface area contributed by atoms with Gasteiger partial charge in [-0.25, -0.2) is 4.79 Å². The van der Waals surface area contributed by atoms with Crippen LogP contribution in [-0.4, -0.2) is 45.2 Å². The van der Waals surface area contributed by atoms with E-state index in [2.05, 4.69) is 22.5 Å². The smallest absolute Gasteiger partial charge is 0.319 e. The standard InChI is InChI=1S/C23H26N4O5/c1-4-11-24-23(30)26-17-7-5-16(6-8-17)25-22(29)15-12-21(28)27(14-15)18-9-10-19(31-2)20(13-18)32-3/h4-10,13,15H,1,11-12,14H2,2-3H3,(H,25,29)(H2,24,26,30). The molecule has 1 fully saturated rings. The van der Waals surface area contributed by atoms with E-state index in [-0.39, 0.29) is 30.8 Å². The molecule has 168 valence electrons. The molecule has 0 aliphatic carbocycles. The minimum Gasteiger partial charge on any atom is -0.493 e. The molecule has 4 amide bonds. The summed E-state index contributed by atoms with van der Waals surface area (Å²) in [7, 11) is 3.07. The molecule has 1 aliphatic heterocycles. The number of hydrogen-bond donors (Lipinski definition) is 3. The molecule has 0 spiro atoms. The van der Waals surface area contributed by atoms with Crippen LogP contribution in [0.5, 0.6) is 11.5 Å². The molecule has 9 heteroatoms. The average Bonchev–Trinajstić information content (AvgIpc) is 3.20. The van der Waals surface area contributed by atoms with Crippen molar-refractivity contribution in [1.82, 2.24) is 5.32 Å². The number of anilines is 3. The summed E-state index contributed by atoms with van der Waals surface area (Å²) >= 11 is 0. The summed E-state index contributed by atoms with van der Waals surface area (Å²) in [5.41, 5.74) is 1.80. The first-order chi connectivity index (χ1) is 15.4. The topological polar surface area (TPSA) is 109 Å². The van der Waals surface area contributed by atoms with E-state index in [1.807, 2.05) is 0 Å². The third-order valence-corrected chi connectivity index (χ3v) is 4.99. The van der Waals surface area contributed by atoms with Crippen LogP contribution in [0.25, 0.3) is 0 Å². The molecule has 0 aromatic heterocycles. The van der Waals surface area contributed by atoms with Gasteiger partial charge in [-0.2, -0.15) is 0 Å². The molecule has 0 bridgehead atoms. The van der Waals surface area contributed by atoms with Crippen LogP contribution in [0.4, 0.5) is 21.9 Å². The molecule has 0 saturated carbocycles. The van der Waals surface area contributed by atoms with Crippen molar-refractivity contribution in [1.29, 1.82) is 0 Å². The van der Waals surface area contributed by atoms with Crippen molar-refractivity contribution < 1.29 is 23.9 Å². The molecule has 3 rings (SSSR count). The lowest BCUT2D eigenvalue weighted by molar-refractivity contribution is -0.122. The first kappa shape index (κ1) is 22.7. The summed E-state index contributed by atoms with van der Waals surface area (Å²) in [4.78, 5) is 38.5. The lowest BCUT2D eigenvalue weighted by atomic mass is 10.1. The first-order valence-electron chi connectivity index (χ1n) is 10.0. The van der Waals surface area contributed by atoms with E-state index in [1.54, 1.807) is 60.6 Å². The molecule has 1 aliphatic rings. The SMILES string of the molecule is C=CCNC(=O)Nc1ccc(NC(=O)C2CC(=O)N(c3ccc(OC)c(OC)c3)C2)cc1. The van der Waals surface area contributed by atoms with Gasteiger partial charge in [-0.1, -0.05) is 6.08 Å². The van der Waals surface area contributed by atoms with Crippen LogP contribution in [-0.2, 0) is 9.59 Å². The Bertz CT molecular complexity index is 1010. The number of rotatable bonds is 8. The average molecular weight is 438 g/mol. The van der Waals surface area contributed by atoms with Crippen molar-refractivity contribution in [3.05, 3.63) is 55.1 Å². The number of nitrogens with zero attached hydrogens (tertiary/aromatic N) is 1. The molecular weight excluding hydrogens is 412 g/mol. The highest BCUT2D eigenvalue weighted by molar-refractivity contribution is 6.03. The maximum absolute atomic E-state index is 12.7. The van der Waals surface area contributed by atoms with Crippen molar-refractivity contribution in [3.8, 4) is 11.5 Å².